The summed E-state index contributed by atoms with van der Waals surface area (Å²) in [6.45, 7) is 4.83. The van der Waals surface area contributed by atoms with E-state index < -0.39 is 0 Å². The third kappa shape index (κ3) is 8.38. The zero-order chi connectivity index (χ0) is 11.0. The van der Waals surface area contributed by atoms with Gasteiger partial charge in [0.15, 0.2) is 0 Å². The smallest absolute Gasteiger partial charge is 0.220 e. The van der Waals surface area contributed by atoms with Crippen molar-refractivity contribution in [2.75, 3.05) is 12.8 Å². The van der Waals surface area contributed by atoms with Crippen LogP contribution in [-0.2, 0) is 4.79 Å². The van der Waals surface area contributed by atoms with E-state index in [2.05, 4.69) is 12.2 Å². The molecular weight excluding hydrogens is 196 g/mol. The van der Waals surface area contributed by atoms with Crippen molar-refractivity contribution >= 4 is 17.7 Å². The Labute approximate surface area is 91.2 Å². The lowest BCUT2D eigenvalue weighted by Crippen LogP contribution is -2.29. The molecule has 0 radical (unpaired) electrons. The maximum Gasteiger partial charge on any atom is 0.220 e. The summed E-state index contributed by atoms with van der Waals surface area (Å²) in [5.74, 6) is 0.145. The lowest BCUT2D eigenvalue weighted by Gasteiger charge is -2.10. The second-order valence-corrected chi connectivity index (χ2v) is 5.00. The number of carbonyl (C=O) groups is 1. The first-order valence-electron chi connectivity index (χ1n) is 5.11. The minimum absolute atomic E-state index is 0.145. The Morgan fingerprint density at radius 3 is 2.64 bits per heavy atom. The quantitative estimate of drug-likeness (QED) is 0.678. The zero-order valence-electron chi connectivity index (χ0n) is 9.38. The molecular formula is C10H22N2OS. The van der Waals surface area contributed by atoms with E-state index in [1.165, 1.54) is 0 Å². The maximum atomic E-state index is 11.3. The van der Waals surface area contributed by atoms with Crippen molar-refractivity contribution in [1.82, 2.24) is 5.32 Å². The summed E-state index contributed by atoms with van der Waals surface area (Å²) in [6.07, 6.45) is 4.46. The Bertz CT molecular complexity index is 162. The largest absolute Gasteiger partial charge is 0.355 e. The fourth-order valence-electron chi connectivity index (χ4n) is 1.01. The van der Waals surface area contributed by atoms with Crippen LogP contribution < -0.4 is 11.1 Å². The first-order valence-corrected chi connectivity index (χ1v) is 6.40. The predicted molar refractivity (Wildman–Crippen MR) is 63.5 cm³/mol. The Hall–Kier alpha value is -0.220. The van der Waals surface area contributed by atoms with Crippen LogP contribution in [0.3, 0.4) is 0 Å². The molecule has 3 nitrogen and oxygen atoms in total. The van der Waals surface area contributed by atoms with E-state index >= 15 is 0 Å². The predicted octanol–water partition coefficient (Wildman–Crippen LogP) is 1.37. The molecule has 2 unspecified atom stereocenters. The molecule has 0 aromatic heterocycles. The Morgan fingerprint density at radius 1 is 1.50 bits per heavy atom. The van der Waals surface area contributed by atoms with Crippen LogP contribution in [0.1, 0.15) is 33.1 Å². The third-order valence-corrected chi connectivity index (χ3v) is 3.02. The molecule has 0 heterocycles. The van der Waals surface area contributed by atoms with Gasteiger partial charge in [-0.15, -0.1) is 0 Å². The molecule has 0 bridgehead atoms. The van der Waals surface area contributed by atoms with Crippen molar-refractivity contribution in [3.8, 4) is 0 Å². The van der Waals surface area contributed by atoms with Gasteiger partial charge < -0.3 is 11.1 Å². The third-order valence-electron chi connectivity index (χ3n) is 2.05. The minimum Gasteiger partial charge on any atom is -0.355 e. The van der Waals surface area contributed by atoms with Crippen molar-refractivity contribution in [2.45, 2.75) is 44.4 Å². The molecule has 0 aliphatic carbocycles. The Balaban J connectivity index is 3.37. The molecule has 2 atom stereocenters. The number of nitrogens with one attached hydrogen (secondary N) is 1. The van der Waals surface area contributed by atoms with Gasteiger partial charge in [-0.1, -0.05) is 6.92 Å². The maximum absolute atomic E-state index is 11.3. The fourth-order valence-corrected chi connectivity index (χ4v) is 1.26. The van der Waals surface area contributed by atoms with E-state index in [0.717, 1.165) is 19.4 Å². The second kappa shape index (κ2) is 8.12. The molecule has 4 heteroatoms. The van der Waals surface area contributed by atoms with E-state index in [1.54, 1.807) is 11.8 Å². The summed E-state index contributed by atoms with van der Waals surface area (Å²) < 4.78 is 0. The number of nitrogens with two attached hydrogens (primary N) is 1. The number of hydrogen-bond donors (Lipinski definition) is 2. The molecule has 14 heavy (non-hydrogen) atoms. The van der Waals surface area contributed by atoms with Crippen LogP contribution in [0.15, 0.2) is 0 Å². The van der Waals surface area contributed by atoms with Crippen LogP contribution >= 0.6 is 11.8 Å². The first-order chi connectivity index (χ1) is 6.56. The second-order valence-electron chi connectivity index (χ2n) is 3.72. The highest BCUT2D eigenvalue weighted by Crippen LogP contribution is 2.03. The highest BCUT2D eigenvalue weighted by molar-refractivity contribution is 7.99. The van der Waals surface area contributed by atoms with E-state index in [9.17, 15) is 4.79 Å². The molecule has 84 valence electrons. The molecule has 0 aromatic carbocycles. The number of hydrogen-bond acceptors (Lipinski definition) is 3. The molecule has 0 fully saturated rings. The lowest BCUT2D eigenvalue weighted by molar-refractivity contribution is -0.121. The number of carbonyl (C=O) groups excluding carboxylic acids is 1. The van der Waals surface area contributed by atoms with Gasteiger partial charge in [0, 0.05) is 24.3 Å². The Kier molecular flexibility index (Phi) is 7.99. The normalized spacial score (nSPS) is 14.9. The number of thioether (sulfide) groups is 1. The van der Waals surface area contributed by atoms with Gasteiger partial charge in [0.1, 0.15) is 0 Å². The summed E-state index contributed by atoms with van der Waals surface area (Å²) >= 11 is 1.76. The van der Waals surface area contributed by atoms with Crippen molar-refractivity contribution in [1.29, 1.82) is 0 Å². The molecule has 0 spiro atoms. The fraction of sp³-hybridized carbons (Fsp3) is 0.900. The van der Waals surface area contributed by atoms with Crippen molar-refractivity contribution in [3.05, 3.63) is 0 Å². The monoisotopic (exact) mass is 218 g/mol. The minimum atomic E-state index is 0.145. The summed E-state index contributed by atoms with van der Waals surface area (Å²) in [5.41, 5.74) is 5.59. The van der Waals surface area contributed by atoms with Gasteiger partial charge in [-0.05, 0) is 26.0 Å². The van der Waals surface area contributed by atoms with Crippen LogP contribution in [0.5, 0.6) is 0 Å². The molecule has 1 amide bonds. The molecule has 0 saturated heterocycles. The van der Waals surface area contributed by atoms with E-state index in [-0.39, 0.29) is 11.9 Å². The SMILES string of the molecule is CSC(C)CNC(=O)CCCC(C)N. The average molecular weight is 218 g/mol. The highest BCUT2D eigenvalue weighted by Gasteiger charge is 2.04. The zero-order valence-corrected chi connectivity index (χ0v) is 10.2. The van der Waals surface area contributed by atoms with Gasteiger partial charge in [0.25, 0.3) is 0 Å². The summed E-state index contributed by atoms with van der Waals surface area (Å²) in [7, 11) is 0. The molecule has 0 rings (SSSR count). The van der Waals surface area contributed by atoms with Gasteiger partial charge in [-0.25, -0.2) is 0 Å². The number of amides is 1. The van der Waals surface area contributed by atoms with Crippen LogP contribution in [0.4, 0.5) is 0 Å². The summed E-state index contributed by atoms with van der Waals surface area (Å²) in [4.78, 5) is 11.3. The van der Waals surface area contributed by atoms with Crippen LogP contribution in [0.25, 0.3) is 0 Å². The molecule has 0 aliphatic heterocycles. The van der Waals surface area contributed by atoms with Crippen LogP contribution in [0.2, 0.25) is 0 Å². The van der Waals surface area contributed by atoms with Gasteiger partial charge >= 0.3 is 0 Å². The van der Waals surface area contributed by atoms with Gasteiger partial charge in [0.2, 0.25) is 5.91 Å². The lowest BCUT2D eigenvalue weighted by atomic mass is 10.1. The molecule has 0 aromatic rings. The molecule has 3 N–H and O–H groups in total. The van der Waals surface area contributed by atoms with Gasteiger partial charge in [-0.3, -0.25) is 4.79 Å². The van der Waals surface area contributed by atoms with E-state index in [0.29, 0.717) is 11.7 Å². The van der Waals surface area contributed by atoms with Crippen LogP contribution in [0, 0.1) is 0 Å². The Morgan fingerprint density at radius 2 is 2.14 bits per heavy atom. The van der Waals surface area contributed by atoms with Gasteiger partial charge in [-0.2, -0.15) is 11.8 Å². The first kappa shape index (κ1) is 13.8. The number of rotatable bonds is 7. The van der Waals surface area contributed by atoms with E-state index in [4.69, 9.17) is 5.73 Å². The van der Waals surface area contributed by atoms with Crippen LogP contribution in [-0.4, -0.2) is 30.0 Å². The van der Waals surface area contributed by atoms with Crippen molar-refractivity contribution in [2.24, 2.45) is 5.73 Å². The summed E-state index contributed by atoms with van der Waals surface area (Å²) in [6, 6.07) is 0.202. The van der Waals surface area contributed by atoms with Gasteiger partial charge in [0.05, 0.1) is 0 Å². The molecule has 0 aliphatic rings. The van der Waals surface area contributed by atoms with Crippen molar-refractivity contribution in [3.63, 3.8) is 0 Å². The topological polar surface area (TPSA) is 55.1 Å². The highest BCUT2D eigenvalue weighted by atomic mass is 32.2. The average Bonchev–Trinajstić information content (AvgIpc) is 2.13. The standard InChI is InChI=1S/C10H22N2OS/c1-8(11)5-4-6-10(13)12-7-9(2)14-3/h8-9H,4-7,11H2,1-3H3,(H,12,13). The summed E-state index contributed by atoms with van der Waals surface area (Å²) in [5, 5.41) is 3.40. The van der Waals surface area contributed by atoms with Crippen molar-refractivity contribution < 1.29 is 4.79 Å². The molecule has 0 saturated carbocycles. The van der Waals surface area contributed by atoms with E-state index in [1.807, 2.05) is 13.2 Å².